The van der Waals surface area contributed by atoms with E-state index in [1.165, 1.54) is 10.9 Å². The maximum absolute atomic E-state index is 11.8. The van der Waals surface area contributed by atoms with Crippen molar-refractivity contribution in [2.45, 2.75) is 0 Å². The second-order valence-corrected chi connectivity index (χ2v) is 6.28. The number of hydrogen-bond donors (Lipinski definition) is 1. The van der Waals surface area contributed by atoms with Crippen LogP contribution in [0.4, 0.5) is 11.5 Å². The van der Waals surface area contributed by atoms with Gasteiger partial charge in [0, 0.05) is 43.9 Å². The molecule has 1 saturated heterocycles. The average Bonchev–Trinajstić information content (AvgIpc) is 2.90. The van der Waals surface area contributed by atoms with E-state index in [0.29, 0.717) is 11.2 Å². The SMILES string of the molecule is Cn1c(=O)[nH]c2c(N3CCN(c4cccc(Cl)c4)CC3)ncnc21. The number of benzene rings is 1. The predicted octanol–water partition coefficient (Wildman–Crippen LogP) is 1.64. The fraction of sp³-hybridized carbons (Fsp3) is 0.312. The lowest BCUT2D eigenvalue weighted by Gasteiger charge is -2.36. The summed E-state index contributed by atoms with van der Waals surface area (Å²) in [5, 5.41) is 0.745. The molecular formula is C16H17ClN6O. The number of aromatic amines is 1. The van der Waals surface area contributed by atoms with Gasteiger partial charge >= 0.3 is 5.69 Å². The van der Waals surface area contributed by atoms with E-state index in [4.69, 9.17) is 11.6 Å². The smallest absolute Gasteiger partial charge is 0.327 e. The highest BCUT2D eigenvalue weighted by atomic mass is 35.5. The van der Waals surface area contributed by atoms with Crippen molar-refractivity contribution in [3.63, 3.8) is 0 Å². The number of fused-ring (bicyclic) bond motifs is 1. The summed E-state index contributed by atoms with van der Waals surface area (Å²) < 4.78 is 1.50. The maximum Gasteiger partial charge on any atom is 0.327 e. The van der Waals surface area contributed by atoms with E-state index in [9.17, 15) is 4.79 Å². The van der Waals surface area contributed by atoms with Crippen LogP contribution < -0.4 is 15.5 Å². The highest BCUT2D eigenvalue weighted by molar-refractivity contribution is 6.30. The molecule has 7 nitrogen and oxygen atoms in total. The van der Waals surface area contributed by atoms with Crippen molar-refractivity contribution < 1.29 is 0 Å². The summed E-state index contributed by atoms with van der Waals surface area (Å²) in [6, 6.07) is 7.89. The Balaban J connectivity index is 1.58. The Morgan fingerprint density at radius 1 is 1.12 bits per heavy atom. The molecule has 1 fully saturated rings. The zero-order valence-corrected chi connectivity index (χ0v) is 14.0. The molecule has 0 aliphatic carbocycles. The van der Waals surface area contributed by atoms with Crippen LogP contribution in [-0.2, 0) is 7.05 Å². The lowest BCUT2D eigenvalue weighted by Crippen LogP contribution is -2.47. The summed E-state index contributed by atoms with van der Waals surface area (Å²) in [6.45, 7) is 3.36. The number of aryl methyl sites for hydroxylation is 1. The van der Waals surface area contributed by atoms with Crippen molar-refractivity contribution in [3.05, 3.63) is 46.1 Å². The van der Waals surface area contributed by atoms with Gasteiger partial charge in [0.05, 0.1) is 0 Å². The van der Waals surface area contributed by atoms with Gasteiger partial charge in [0.25, 0.3) is 0 Å². The molecule has 0 amide bonds. The molecule has 3 aromatic rings. The van der Waals surface area contributed by atoms with Crippen molar-refractivity contribution in [1.82, 2.24) is 19.5 Å². The monoisotopic (exact) mass is 344 g/mol. The molecule has 0 radical (unpaired) electrons. The lowest BCUT2D eigenvalue weighted by molar-refractivity contribution is 0.648. The highest BCUT2D eigenvalue weighted by Gasteiger charge is 2.21. The average molecular weight is 345 g/mol. The van der Waals surface area contributed by atoms with Crippen molar-refractivity contribution in [3.8, 4) is 0 Å². The molecule has 1 aliphatic rings. The predicted molar refractivity (Wildman–Crippen MR) is 95.0 cm³/mol. The zero-order chi connectivity index (χ0) is 16.7. The second kappa shape index (κ2) is 5.83. The molecule has 0 spiro atoms. The van der Waals surface area contributed by atoms with Crippen molar-refractivity contribution >= 4 is 34.3 Å². The topological polar surface area (TPSA) is 70.1 Å². The molecule has 1 aliphatic heterocycles. The molecule has 2 aromatic heterocycles. The van der Waals surface area contributed by atoms with Crippen LogP contribution >= 0.6 is 11.6 Å². The number of imidazole rings is 1. The zero-order valence-electron chi connectivity index (χ0n) is 13.2. The van der Waals surface area contributed by atoms with E-state index >= 15 is 0 Å². The van der Waals surface area contributed by atoms with Gasteiger partial charge in [0.2, 0.25) is 0 Å². The third-order valence-corrected chi connectivity index (χ3v) is 4.65. The quantitative estimate of drug-likeness (QED) is 0.765. The van der Waals surface area contributed by atoms with Crippen molar-refractivity contribution in [1.29, 1.82) is 0 Å². The van der Waals surface area contributed by atoms with Crippen LogP contribution in [0.1, 0.15) is 0 Å². The molecule has 0 atom stereocenters. The Labute approximate surface area is 143 Å². The third-order valence-electron chi connectivity index (χ3n) is 4.41. The van der Waals surface area contributed by atoms with E-state index in [-0.39, 0.29) is 5.69 Å². The molecule has 3 heterocycles. The minimum absolute atomic E-state index is 0.177. The Morgan fingerprint density at radius 3 is 2.62 bits per heavy atom. The lowest BCUT2D eigenvalue weighted by atomic mass is 10.2. The largest absolute Gasteiger partial charge is 0.368 e. The van der Waals surface area contributed by atoms with Gasteiger partial charge in [-0.2, -0.15) is 0 Å². The summed E-state index contributed by atoms with van der Waals surface area (Å²) in [5.74, 6) is 0.781. The summed E-state index contributed by atoms with van der Waals surface area (Å²) in [5.41, 5.74) is 2.27. The fourth-order valence-electron chi connectivity index (χ4n) is 3.11. The maximum atomic E-state index is 11.8. The van der Waals surface area contributed by atoms with Gasteiger partial charge in [-0.1, -0.05) is 17.7 Å². The van der Waals surface area contributed by atoms with Crippen LogP contribution in [0.25, 0.3) is 11.2 Å². The summed E-state index contributed by atoms with van der Waals surface area (Å²) in [7, 11) is 1.70. The summed E-state index contributed by atoms with van der Waals surface area (Å²) in [4.78, 5) is 27.8. The number of H-pyrrole nitrogens is 1. The van der Waals surface area contributed by atoms with Crippen molar-refractivity contribution in [2.75, 3.05) is 36.0 Å². The number of aromatic nitrogens is 4. The molecule has 24 heavy (non-hydrogen) atoms. The van der Waals surface area contributed by atoms with E-state index in [0.717, 1.165) is 42.7 Å². The van der Waals surface area contributed by atoms with Crippen LogP contribution in [0.2, 0.25) is 5.02 Å². The Morgan fingerprint density at radius 2 is 1.88 bits per heavy atom. The summed E-state index contributed by atoms with van der Waals surface area (Å²) >= 11 is 6.08. The number of anilines is 2. The first-order valence-corrected chi connectivity index (χ1v) is 8.16. The van der Waals surface area contributed by atoms with Crippen LogP contribution in [0.5, 0.6) is 0 Å². The molecule has 0 saturated carbocycles. The van der Waals surface area contributed by atoms with E-state index in [1.807, 2.05) is 18.2 Å². The first kappa shape index (κ1) is 15.0. The molecule has 4 rings (SSSR count). The highest BCUT2D eigenvalue weighted by Crippen LogP contribution is 2.24. The van der Waals surface area contributed by atoms with Crippen LogP contribution in [0.3, 0.4) is 0 Å². The first-order chi connectivity index (χ1) is 11.6. The molecule has 0 bridgehead atoms. The van der Waals surface area contributed by atoms with Gasteiger partial charge < -0.3 is 14.8 Å². The normalized spacial score (nSPS) is 15.2. The number of hydrogen-bond acceptors (Lipinski definition) is 5. The van der Waals surface area contributed by atoms with Crippen LogP contribution in [-0.4, -0.2) is 45.7 Å². The Bertz CT molecular complexity index is 941. The number of halogens is 1. The fourth-order valence-corrected chi connectivity index (χ4v) is 3.29. The van der Waals surface area contributed by atoms with Gasteiger partial charge in [0.15, 0.2) is 11.5 Å². The number of piperazine rings is 1. The Hall–Kier alpha value is -2.54. The standard InChI is InChI=1S/C16H17ClN6O/c1-21-14-13(20-16(21)24)15(19-10-18-14)23-7-5-22(6-8-23)12-4-2-3-11(17)9-12/h2-4,9-10H,5-8H2,1H3,(H,20,24). The molecule has 8 heteroatoms. The second-order valence-electron chi connectivity index (χ2n) is 5.84. The Kier molecular flexibility index (Phi) is 3.65. The molecular weight excluding hydrogens is 328 g/mol. The van der Waals surface area contributed by atoms with Gasteiger partial charge in [0.1, 0.15) is 11.8 Å². The third kappa shape index (κ3) is 2.50. The van der Waals surface area contributed by atoms with Crippen LogP contribution in [0.15, 0.2) is 35.4 Å². The summed E-state index contributed by atoms with van der Waals surface area (Å²) in [6.07, 6.45) is 1.51. The number of nitrogens with one attached hydrogen (secondary N) is 1. The molecule has 0 unspecified atom stereocenters. The van der Waals surface area contributed by atoms with Gasteiger partial charge in [-0.25, -0.2) is 14.8 Å². The number of nitrogens with zero attached hydrogens (tertiary/aromatic N) is 5. The van der Waals surface area contributed by atoms with E-state index in [1.54, 1.807) is 7.05 Å². The molecule has 1 N–H and O–H groups in total. The van der Waals surface area contributed by atoms with Gasteiger partial charge in [-0.05, 0) is 18.2 Å². The van der Waals surface area contributed by atoms with E-state index < -0.39 is 0 Å². The van der Waals surface area contributed by atoms with Crippen LogP contribution in [0, 0.1) is 0 Å². The van der Waals surface area contributed by atoms with Crippen molar-refractivity contribution in [2.24, 2.45) is 7.05 Å². The minimum atomic E-state index is -0.177. The number of rotatable bonds is 2. The minimum Gasteiger partial charge on any atom is -0.368 e. The molecule has 124 valence electrons. The molecule has 1 aromatic carbocycles. The first-order valence-electron chi connectivity index (χ1n) is 7.78. The van der Waals surface area contributed by atoms with E-state index in [2.05, 4.69) is 30.8 Å². The van der Waals surface area contributed by atoms with Gasteiger partial charge in [-0.15, -0.1) is 0 Å². The van der Waals surface area contributed by atoms with Gasteiger partial charge in [-0.3, -0.25) is 4.57 Å².